The molecule has 0 saturated carbocycles. The van der Waals surface area contributed by atoms with Crippen LogP contribution < -0.4 is 5.32 Å². The van der Waals surface area contributed by atoms with Crippen LogP contribution in [-0.2, 0) is 24.4 Å². The van der Waals surface area contributed by atoms with Gasteiger partial charge in [-0.25, -0.2) is 0 Å². The van der Waals surface area contributed by atoms with E-state index in [1.54, 1.807) is 12.4 Å². The third-order valence-corrected chi connectivity index (χ3v) is 6.04. The van der Waals surface area contributed by atoms with Crippen molar-refractivity contribution in [3.05, 3.63) is 65.1 Å². The summed E-state index contributed by atoms with van der Waals surface area (Å²) in [5, 5.41) is 5.07. The zero-order valence-electron chi connectivity index (χ0n) is 16.8. The summed E-state index contributed by atoms with van der Waals surface area (Å²) in [7, 11) is 0. The maximum atomic E-state index is 12.5. The van der Waals surface area contributed by atoms with Gasteiger partial charge in [0.15, 0.2) is 0 Å². The van der Waals surface area contributed by atoms with E-state index in [0.29, 0.717) is 6.54 Å². The van der Waals surface area contributed by atoms with Gasteiger partial charge in [0.25, 0.3) is 0 Å². The Bertz CT molecular complexity index is 977. The molecule has 1 aromatic carbocycles. The van der Waals surface area contributed by atoms with Gasteiger partial charge >= 0.3 is 0 Å². The number of hydrogen-bond donors (Lipinski definition) is 1. The fourth-order valence-electron chi connectivity index (χ4n) is 4.16. The second-order valence-electron chi connectivity index (χ2n) is 7.73. The summed E-state index contributed by atoms with van der Waals surface area (Å²) in [5.74, 6) is 0.247. The molecule has 0 unspecified atom stereocenters. The van der Waals surface area contributed by atoms with Crippen LogP contribution in [0.4, 0.5) is 0 Å². The molecule has 3 aromatic rings. The van der Waals surface area contributed by atoms with E-state index in [2.05, 4.69) is 45.0 Å². The number of amides is 1. The monoisotopic (exact) mass is 410 g/mol. The van der Waals surface area contributed by atoms with E-state index < -0.39 is 0 Å². The van der Waals surface area contributed by atoms with Gasteiger partial charge < -0.3 is 9.88 Å². The molecule has 1 fully saturated rings. The Kier molecular flexibility index (Phi) is 6.16. The van der Waals surface area contributed by atoms with Gasteiger partial charge in [0, 0.05) is 60.1 Å². The molecule has 0 bridgehead atoms. The predicted molar refractivity (Wildman–Crippen MR) is 117 cm³/mol. The molecule has 1 saturated heterocycles. The zero-order chi connectivity index (χ0) is 20.2. The van der Waals surface area contributed by atoms with E-state index in [0.717, 1.165) is 49.6 Å². The Labute approximate surface area is 176 Å². The van der Waals surface area contributed by atoms with Crippen molar-refractivity contribution in [3.63, 3.8) is 0 Å². The molecule has 152 valence electrons. The lowest BCUT2D eigenvalue weighted by atomic mass is 9.95. The highest BCUT2D eigenvalue weighted by Crippen LogP contribution is 2.27. The van der Waals surface area contributed by atoms with Gasteiger partial charge in [-0.05, 0) is 68.2 Å². The standard InChI is InChI=1S/C23H27ClN4O/c1-2-28-16-19(21-12-20(24)5-6-22(21)28)15-27-10-7-18(8-11-27)23(29)26-14-17-4-3-9-25-13-17/h3-6,9,12-13,16,18H,2,7-8,10-11,14-15H2,1H3,(H,26,29). The summed E-state index contributed by atoms with van der Waals surface area (Å²) in [6.45, 7) is 6.41. The van der Waals surface area contributed by atoms with Crippen molar-refractivity contribution in [2.24, 2.45) is 5.92 Å². The number of benzene rings is 1. The number of piperidine rings is 1. The minimum atomic E-state index is 0.0920. The number of likely N-dealkylation sites (tertiary alicyclic amines) is 1. The number of carbonyl (C=O) groups is 1. The number of carbonyl (C=O) groups excluding carboxylic acids is 1. The molecule has 5 nitrogen and oxygen atoms in total. The van der Waals surface area contributed by atoms with Gasteiger partial charge in [0.05, 0.1) is 0 Å². The molecule has 29 heavy (non-hydrogen) atoms. The van der Waals surface area contributed by atoms with Crippen LogP contribution in [0.3, 0.4) is 0 Å². The highest BCUT2D eigenvalue weighted by molar-refractivity contribution is 6.31. The number of pyridine rings is 1. The average Bonchev–Trinajstić information content (AvgIpc) is 3.10. The first-order valence-corrected chi connectivity index (χ1v) is 10.7. The van der Waals surface area contributed by atoms with Gasteiger partial charge in [-0.2, -0.15) is 0 Å². The first-order valence-electron chi connectivity index (χ1n) is 10.3. The van der Waals surface area contributed by atoms with Gasteiger partial charge in [0.1, 0.15) is 0 Å². The topological polar surface area (TPSA) is 50.2 Å². The van der Waals surface area contributed by atoms with Crippen LogP contribution in [0, 0.1) is 5.92 Å². The molecule has 6 heteroatoms. The Morgan fingerprint density at radius 3 is 2.83 bits per heavy atom. The van der Waals surface area contributed by atoms with Crippen molar-refractivity contribution in [3.8, 4) is 0 Å². The Morgan fingerprint density at radius 2 is 2.10 bits per heavy atom. The molecule has 1 aliphatic heterocycles. The van der Waals surface area contributed by atoms with Gasteiger partial charge in [-0.1, -0.05) is 17.7 Å². The summed E-state index contributed by atoms with van der Waals surface area (Å²) in [4.78, 5) is 19.1. The molecule has 0 aliphatic carbocycles. The van der Waals surface area contributed by atoms with E-state index in [9.17, 15) is 4.79 Å². The van der Waals surface area contributed by atoms with Crippen LogP contribution >= 0.6 is 11.6 Å². The number of aryl methyl sites for hydroxylation is 1. The average molecular weight is 411 g/mol. The molecule has 0 radical (unpaired) electrons. The molecule has 1 N–H and O–H groups in total. The first-order chi connectivity index (χ1) is 14.1. The third kappa shape index (κ3) is 4.62. The quantitative estimate of drug-likeness (QED) is 0.661. The maximum Gasteiger partial charge on any atom is 0.223 e. The van der Waals surface area contributed by atoms with Gasteiger partial charge in [-0.3, -0.25) is 14.7 Å². The van der Waals surface area contributed by atoms with Crippen molar-refractivity contribution in [2.75, 3.05) is 13.1 Å². The van der Waals surface area contributed by atoms with E-state index >= 15 is 0 Å². The fraction of sp³-hybridized carbons (Fsp3) is 0.391. The number of halogens is 1. The zero-order valence-corrected chi connectivity index (χ0v) is 17.5. The summed E-state index contributed by atoms with van der Waals surface area (Å²) in [5.41, 5.74) is 3.57. The van der Waals surface area contributed by atoms with E-state index in [1.807, 2.05) is 18.2 Å². The van der Waals surface area contributed by atoms with Crippen LogP contribution in [0.5, 0.6) is 0 Å². The van der Waals surface area contributed by atoms with Crippen molar-refractivity contribution < 1.29 is 4.79 Å². The lowest BCUT2D eigenvalue weighted by Gasteiger charge is -2.31. The second-order valence-corrected chi connectivity index (χ2v) is 8.17. The molecule has 1 amide bonds. The molecule has 1 aliphatic rings. The van der Waals surface area contributed by atoms with Crippen molar-refractivity contribution in [1.82, 2.24) is 19.8 Å². The highest BCUT2D eigenvalue weighted by Gasteiger charge is 2.25. The molecule has 0 spiro atoms. The maximum absolute atomic E-state index is 12.5. The summed E-state index contributed by atoms with van der Waals surface area (Å²) in [6.07, 6.45) is 7.57. The second kappa shape index (κ2) is 8.97. The number of aromatic nitrogens is 2. The van der Waals surface area contributed by atoms with Crippen molar-refractivity contribution in [1.29, 1.82) is 0 Å². The normalized spacial score (nSPS) is 15.7. The lowest BCUT2D eigenvalue weighted by Crippen LogP contribution is -2.40. The molecule has 2 aromatic heterocycles. The lowest BCUT2D eigenvalue weighted by molar-refractivity contribution is -0.126. The molecular weight excluding hydrogens is 384 g/mol. The van der Waals surface area contributed by atoms with Crippen LogP contribution in [-0.4, -0.2) is 33.4 Å². The SMILES string of the molecule is CCn1cc(CN2CCC(C(=O)NCc3cccnc3)CC2)c2cc(Cl)ccc21. The van der Waals surface area contributed by atoms with Crippen LogP contribution in [0.2, 0.25) is 5.02 Å². The van der Waals surface area contributed by atoms with Gasteiger partial charge in [0.2, 0.25) is 5.91 Å². The van der Waals surface area contributed by atoms with Crippen molar-refractivity contribution in [2.45, 2.75) is 39.4 Å². The van der Waals surface area contributed by atoms with E-state index in [4.69, 9.17) is 11.6 Å². The smallest absolute Gasteiger partial charge is 0.223 e. The summed E-state index contributed by atoms with van der Waals surface area (Å²) >= 11 is 6.24. The highest BCUT2D eigenvalue weighted by atomic mass is 35.5. The molecule has 3 heterocycles. The fourth-order valence-corrected chi connectivity index (χ4v) is 4.33. The first kappa shape index (κ1) is 19.9. The molecule has 0 atom stereocenters. The Balaban J connectivity index is 1.34. The minimum Gasteiger partial charge on any atom is -0.352 e. The van der Waals surface area contributed by atoms with Crippen LogP contribution in [0.25, 0.3) is 10.9 Å². The number of rotatable bonds is 6. The van der Waals surface area contributed by atoms with E-state index in [1.165, 1.54) is 16.5 Å². The predicted octanol–water partition coefficient (Wildman–Crippen LogP) is 4.24. The number of fused-ring (bicyclic) bond motifs is 1. The Hall–Kier alpha value is -2.37. The Morgan fingerprint density at radius 1 is 1.28 bits per heavy atom. The minimum absolute atomic E-state index is 0.0920. The van der Waals surface area contributed by atoms with Crippen molar-refractivity contribution >= 4 is 28.4 Å². The summed E-state index contributed by atoms with van der Waals surface area (Å²) < 4.78 is 2.28. The van der Waals surface area contributed by atoms with E-state index in [-0.39, 0.29) is 11.8 Å². The largest absolute Gasteiger partial charge is 0.352 e. The molecule has 4 rings (SSSR count). The van der Waals surface area contributed by atoms with Crippen LogP contribution in [0.1, 0.15) is 30.9 Å². The van der Waals surface area contributed by atoms with Crippen LogP contribution in [0.15, 0.2) is 48.9 Å². The number of hydrogen-bond acceptors (Lipinski definition) is 3. The number of nitrogens with zero attached hydrogens (tertiary/aromatic N) is 3. The molecular formula is C23H27ClN4O. The number of nitrogens with one attached hydrogen (secondary N) is 1. The summed E-state index contributed by atoms with van der Waals surface area (Å²) in [6, 6.07) is 9.99. The van der Waals surface area contributed by atoms with Gasteiger partial charge in [-0.15, -0.1) is 0 Å². The third-order valence-electron chi connectivity index (χ3n) is 5.81.